The Morgan fingerprint density at radius 1 is 1.33 bits per heavy atom. The van der Waals surface area contributed by atoms with E-state index in [4.69, 9.17) is 11.5 Å². The van der Waals surface area contributed by atoms with Crippen LogP contribution >= 0.6 is 0 Å². The Hall–Kier alpha value is -2.28. The van der Waals surface area contributed by atoms with Gasteiger partial charge in [-0.1, -0.05) is 50.6 Å². The van der Waals surface area contributed by atoms with E-state index in [0.29, 0.717) is 0 Å². The van der Waals surface area contributed by atoms with Crippen LogP contribution in [-0.2, 0) is 9.59 Å². The second-order valence-electron chi connectivity index (χ2n) is 5.08. The fraction of sp³-hybridized carbons (Fsp3) is 0.412. The summed E-state index contributed by atoms with van der Waals surface area (Å²) in [5.74, 6) is 0.599. The van der Waals surface area contributed by atoms with Gasteiger partial charge in [0, 0.05) is 6.42 Å². The summed E-state index contributed by atoms with van der Waals surface area (Å²) in [6.45, 7) is 3.98. The fourth-order valence-electron chi connectivity index (χ4n) is 2.21. The molecule has 0 fully saturated rings. The molecule has 112 valence electrons. The summed E-state index contributed by atoms with van der Waals surface area (Å²) >= 11 is 0. The number of hydrogen-bond acceptors (Lipinski definition) is 2. The minimum atomic E-state index is -1.11. The summed E-state index contributed by atoms with van der Waals surface area (Å²) in [5, 5.41) is 11.6. The Kier molecular flexibility index (Phi) is 6.48. The van der Waals surface area contributed by atoms with E-state index >= 15 is 0 Å². The lowest BCUT2D eigenvalue weighted by Crippen LogP contribution is -2.44. The zero-order valence-electron chi connectivity index (χ0n) is 12.4. The van der Waals surface area contributed by atoms with Crippen molar-refractivity contribution < 1.29 is 14.7 Å². The SMILES string of the molecule is C#CCC(NC(=O)C(c1ccccc1)C(C)CC)C(=O)O. The Morgan fingerprint density at radius 2 is 1.95 bits per heavy atom. The highest BCUT2D eigenvalue weighted by atomic mass is 16.4. The van der Waals surface area contributed by atoms with E-state index in [2.05, 4.69) is 11.2 Å². The van der Waals surface area contributed by atoms with Gasteiger partial charge in [-0.05, 0) is 11.5 Å². The molecule has 3 unspecified atom stereocenters. The van der Waals surface area contributed by atoms with Gasteiger partial charge in [0.1, 0.15) is 6.04 Å². The minimum absolute atomic E-state index is 0.0247. The van der Waals surface area contributed by atoms with Gasteiger partial charge in [-0.15, -0.1) is 12.3 Å². The van der Waals surface area contributed by atoms with Crippen LogP contribution < -0.4 is 5.32 Å². The number of hydrogen-bond donors (Lipinski definition) is 2. The first kappa shape index (κ1) is 16.8. The Morgan fingerprint density at radius 3 is 2.43 bits per heavy atom. The number of carboxylic acid groups (broad SMARTS) is 1. The molecular formula is C17H21NO3. The molecule has 0 aliphatic heterocycles. The number of rotatable bonds is 7. The number of benzene rings is 1. The molecule has 1 aromatic carbocycles. The predicted octanol–water partition coefficient (Wildman–Crippen LogP) is 2.41. The third-order valence-corrected chi connectivity index (χ3v) is 3.59. The first-order valence-electron chi connectivity index (χ1n) is 7.02. The molecule has 0 aliphatic rings. The lowest BCUT2D eigenvalue weighted by atomic mass is 9.84. The zero-order valence-corrected chi connectivity index (χ0v) is 12.4. The van der Waals surface area contributed by atoms with E-state index in [1.807, 2.05) is 44.2 Å². The van der Waals surface area contributed by atoms with Crippen molar-refractivity contribution in [3.63, 3.8) is 0 Å². The standard InChI is InChI=1S/C17H21NO3/c1-4-9-14(17(20)21)18-16(19)15(12(3)5-2)13-10-7-6-8-11-13/h1,6-8,10-12,14-15H,5,9H2,2-3H3,(H,18,19)(H,20,21). The third-order valence-electron chi connectivity index (χ3n) is 3.59. The number of nitrogens with one attached hydrogen (secondary N) is 1. The third kappa shape index (κ3) is 4.64. The van der Waals surface area contributed by atoms with Gasteiger partial charge in [0.15, 0.2) is 0 Å². The Labute approximate surface area is 125 Å². The first-order chi connectivity index (χ1) is 10.0. The van der Waals surface area contributed by atoms with Crippen molar-refractivity contribution in [2.45, 2.75) is 38.6 Å². The van der Waals surface area contributed by atoms with Crippen molar-refractivity contribution in [2.75, 3.05) is 0 Å². The van der Waals surface area contributed by atoms with Crippen LogP contribution in [0, 0.1) is 18.3 Å². The number of carbonyl (C=O) groups excluding carboxylic acids is 1. The molecule has 0 spiro atoms. The van der Waals surface area contributed by atoms with E-state index in [1.165, 1.54) is 0 Å². The molecule has 0 heterocycles. The number of amides is 1. The summed E-state index contributed by atoms with van der Waals surface area (Å²) in [4.78, 5) is 23.6. The Balaban J connectivity index is 2.96. The molecule has 3 atom stereocenters. The number of carboxylic acids is 1. The first-order valence-corrected chi connectivity index (χ1v) is 7.02. The number of carbonyl (C=O) groups is 2. The van der Waals surface area contributed by atoms with Crippen LogP contribution in [0.1, 0.15) is 38.2 Å². The van der Waals surface area contributed by atoms with Gasteiger partial charge in [0.05, 0.1) is 5.92 Å². The average molecular weight is 287 g/mol. The molecule has 2 N–H and O–H groups in total. The quantitative estimate of drug-likeness (QED) is 0.757. The topological polar surface area (TPSA) is 66.4 Å². The van der Waals surface area contributed by atoms with Gasteiger partial charge in [0.2, 0.25) is 5.91 Å². The van der Waals surface area contributed by atoms with Crippen molar-refractivity contribution >= 4 is 11.9 Å². The van der Waals surface area contributed by atoms with Crippen LogP contribution in [0.2, 0.25) is 0 Å². The molecule has 4 heteroatoms. The summed E-state index contributed by atoms with van der Waals surface area (Å²) in [7, 11) is 0. The lowest BCUT2D eigenvalue weighted by molar-refractivity contribution is -0.142. The molecule has 0 bridgehead atoms. The average Bonchev–Trinajstić information content (AvgIpc) is 2.47. The summed E-state index contributed by atoms with van der Waals surface area (Å²) in [6.07, 6.45) is 5.95. The zero-order chi connectivity index (χ0) is 15.8. The molecule has 1 amide bonds. The Bertz CT molecular complexity index is 519. The van der Waals surface area contributed by atoms with E-state index in [-0.39, 0.29) is 24.2 Å². The van der Waals surface area contributed by atoms with Crippen LogP contribution in [0.5, 0.6) is 0 Å². The van der Waals surface area contributed by atoms with Crippen LogP contribution in [0.4, 0.5) is 0 Å². The van der Waals surface area contributed by atoms with Gasteiger partial charge in [-0.25, -0.2) is 4.79 Å². The number of terminal acetylenes is 1. The van der Waals surface area contributed by atoms with Crippen molar-refractivity contribution in [3.8, 4) is 12.3 Å². The van der Waals surface area contributed by atoms with Gasteiger partial charge in [-0.3, -0.25) is 4.79 Å². The van der Waals surface area contributed by atoms with Crippen LogP contribution in [0.15, 0.2) is 30.3 Å². The summed E-state index contributed by atoms with van der Waals surface area (Å²) < 4.78 is 0. The van der Waals surface area contributed by atoms with Gasteiger partial charge < -0.3 is 10.4 Å². The van der Waals surface area contributed by atoms with E-state index in [9.17, 15) is 9.59 Å². The van der Waals surface area contributed by atoms with Crippen LogP contribution in [0.3, 0.4) is 0 Å². The molecule has 0 aliphatic carbocycles. The summed E-state index contributed by atoms with van der Waals surface area (Å²) in [6, 6.07) is 8.34. The van der Waals surface area contributed by atoms with Crippen LogP contribution in [0.25, 0.3) is 0 Å². The highest BCUT2D eigenvalue weighted by molar-refractivity contribution is 5.88. The maximum absolute atomic E-state index is 12.5. The van der Waals surface area contributed by atoms with Crippen molar-refractivity contribution in [2.24, 2.45) is 5.92 Å². The second kappa shape index (κ2) is 8.11. The minimum Gasteiger partial charge on any atom is -0.480 e. The van der Waals surface area contributed by atoms with E-state index < -0.39 is 12.0 Å². The van der Waals surface area contributed by atoms with Crippen molar-refractivity contribution in [1.82, 2.24) is 5.32 Å². The molecule has 0 aromatic heterocycles. The van der Waals surface area contributed by atoms with Crippen molar-refractivity contribution in [1.29, 1.82) is 0 Å². The summed E-state index contributed by atoms with van der Waals surface area (Å²) in [5.41, 5.74) is 0.884. The molecule has 1 aromatic rings. The molecule has 0 saturated heterocycles. The lowest BCUT2D eigenvalue weighted by Gasteiger charge is -2.24. The monoisotopic (exact) mass is 287 g/mol. The molecule has 0 saturated carbocycles. The molecule has 1 rings (SSSR count). The van der Waals surface area contributed by atoms with Crippen LogP contribution in [-0.4, -0.2) is 23.0 Å². The predicted molar refractivity (Wildman–Crippen MR) is 81.7 cm³/mol. The normalized spacial score (nSPS) is 14.5. The maximum Gasteiger partial charge on any atom is 0.327 e. The highest BCUT2D eigenvalue weighted by Crippen LogP contribution is 2.27. The van der Waals surface area contributed by atoms with E-state index in [1.54, 1.807) is 0 Å². The molecule has 4 nitrogen and oxygen atoms in total. The highest BCUT2D eigenvalue weighted by Gasteiger charge is 2.29. The van der Waals surface area contributed by atoms with Gasteiger partial charge in [-0.2, -0.15) is 0 Å². The fourth-order valence-corrected chi connectivity index (χ4v) is 2.21. The molecular weight excluding hydrogens is 266 g/mol. The number of aliphatic carboxylic acids is 1. The van der Waals surface area contributed by atoms with Gasteiger partial charge in [0.25, 0.3) is 0 Å². The van der Waals surface area contributed by atoms with E-state index in [0.717, 1.165) is 12.0 Å². The van der Waals surface area contributed by atoms with Crippen molar-refractivity contribution in [3.05, 3.63) is 35.9 Å². The molecule has 0 radical (unpaired) electrons. The smallest absolute Gasteiger partial charge is 0.327 e. The molecule has 21 heavy (non-hydrogen) atoms. The maximum atomic E-state index is 12.5. The largest absolute Gasteiger partial charge is 0.480 e. The second-order valence-corrected chi connectivity index (χ2v) is 5.08. The van der Waals surface area contributed by atoms with Gasteiger partial charge >= 0.3 is 5.97 Å².